The minimum Gasteiger partial charge on any atom is -0.503 e. The molecule has 0 atom stereocenters. The van der Waals surface area contributed by atoms with Crippen molar-refractivity contribution >= 4 is 0 Å². The maximum Gasteiger partial charge on any atom is 0.257 e. The first-order chi connectivity index (χ1) is 7.31. The SMILES string of the molecule is COc1nc(-c2ccccc2)ccc1O. The summed E-state index contributed by atoms with van der Waals surface area (Å²) < 4.78 is 4.95. The first-order valence-electron chi connectivity index (χ1n) is 4.60. The van der Waals surface area contributed by atoms with Crippen molar-refractivity contribution in [3.05, 3.63) is 42.5 Å². The van der Waals surface area contributed by atoms with E-state index in [0.717, 1.165) is 11.3 Å². The van der Waals surface area contributed by atoms with Gasteiger partial charge in [0.2, 0.25) is 0 Å². The Bertz CT molecular complexity index is 454. The van der Waals surface area contributed by atoms with Crippen molar-refractivity contribution in [1.82, 2.24) is 4.98 Å². The van der Waals surface area contributed by atoms with Gasteiger partial charge in [0.25, 0.3) is 5.88 Å². The van der Waals surface area contributed by atoms with Crippen molar-refractivity contribution in [2.24, 2.45) is 0 Å². The molecule has 0 aliphatic heterocycles. The first-order valence-corrected chi connectivity index (χ1v) is 4.60. The van der Waals surface area contributed by atoms with Crippen LogP contribution in [0.4, 0.5) is 0 Å². The van der Waals surface area contributed by atoms with E-state index in [1.54, 1.807) is 12.1 Å². The monoisotopic (exact) mass is 201 g/mol. The van der Waals surface area contributed by atoms with Gasteiger partial charge in [-0.25, -0.2) is 4.98 Å². The van der Waals surface area contributed by atoms with Crippen LogP contribution in [0.5, 0.6) is 11.6 Å². The van der Waals surface area contributed by atoms with Crippen LogP contribution in [-0.2, 0) is 0 Å². The molecule has 1 aromatic carbocycles. The molecule has 0 saturated carbocycles. The van der Waals surface area contributed by atoms with Crippen molar-refractivity contribution in [3.8, 4) is 22.9 Å². The molecule has 0 amide bonds. The molecule has 0 radical (unpaired) electrons. The second-order valence-electron chi connectivity index (χ2n) is 3.09. The smallest absolute Gasteiger partial charge is 0.257 e. The summed E-state index contributed by atoms with van der Waals surface area (Å²) >= 11 is 0. The minimum atomic E-state index is 0.0529. The van der Waals surface area contributed by atoms with Crippen molar-refractivity contribution < 1.29 is 9.84 Å². The van der Waals surface area contributed by atoms with E-state index in [0.29, 0.717) is 0 Å². The number of nitrogens with zero attached hydrogens (tertiary/aromatic N) is 1. The Hall–Kier alpha value is -2.03. The molecule has 3 nitrogen and oxygen atoms in total. The van der Waals surface area contributed by atoms with E-state index in [9.17, 15) is 5.11 Å². The molecule has 0 bridgehead atoms. The van der Waals surface area contributed by atoms with Crippen molar-refractivity contribution in [2.75, 3.05) is 7.11 Å². The van der Waals surface area contributed by atoms with Crippen LogP contribution in [0.3, 0.4) is 0 Å². The summed E-state index contributed by atoms with van der Waals surface area (Å²) in [6.07, 6.45) is 0. The molecule has 2 rings (SSSR count). The van der Waals surface area contributed by atoms with Gasteiger partial charge in [0.05, 0.1) is 12.8 Å². The molecular formula is C12H11NO2. The molecule has 0 aliphatic rings. The highest BCUT2D eigenvalue weighted by Gasteiger charge is 2.05. The molecule has 3 heteroatoms. The van der Waals surface area contributed by atoms with Gasteiger partial charge in [0.1, 0.15) is 0 Å². The highest BCUT2D eigenvalue weighted by molar-refractivity contribution is 5.60. The molecule has 76 valence electrons. The third-order valence-electron chi connectivity index (χ3n) is 2.10. The predicted molar refractivity (Wildman–Crippen MR) is 57.9 cm³/mol. The Labute approximate surface area is 88.0 Å². The van der Waals surface area contributed by atoms with Gasteiger partial charge in [0.15, 0.2) is 5.75 Å². The standard InChI is InChI=1S/C12H11NO2/c1-15-12-11(14)8-7-10(13-12)9-5-3-2-4-6-9/h2-8,14H,1H3. The Balaban J connectivity index is 2.46. The fourth-order valence-electron chi connectivity index (χ4n) is 1.35. The quantitative estimate of drug-likeness (QED) is 0.811. The number of pyridine rings is 1. The van der Waals surface area contributed by atoms with E-state index < -0.39 is 0 Å². The molecule has 1 aromatic heterocycles. The number of aromatic nitrogens is 1. The number of ether oxygens (including phenoxy) is 1. The van der Waals surface area contributed by atoms with Crippen LogP contribution in [0.1, 0.15) is 0 Å². The zero-order valence-electron chi connectivity index (χ0n) is 8.34. The third-order valence-corrected chi connectivity index (χ3v) is 2.10. The zero-order chi connectivity index (χ0) is 10.7. The number of methoxy groups -OCH3 is 1. The lowest BCUT2D eigenvalue weighted by Gasteiger charge is -2.05. The summed E-state index contributed by atoms with van der Waals surface area (Å²) in [7, 11) is 1.48. The zero-order valence-corrected chi connectivity index (χ0v) is 8.34. The average molecular weight is 201 g/mol. The number of hydrogen-bond donors (Lipinski definition) is 1. The van der Waals surface area contributed by atoms with E-state index in [1.165, 1.54) is 7.11 Å². The molecule has 2 aromatic rings. The second-order valence-corrected chi connectivity index (χ2v) is 3.09. The topological polar surface area (TPSA) is 42.4 Å². The summed E-state index contributed by atoms with van der Waals surface area (Å²) in [5, 5.41) is 9.39. The van der Waals surface area contributed by atoms with E-state index in [2.05, 4.69) is 4.98 Å². The van der Waals surface area contributed by atoms with Gasteiger partial charge in [-0.2, -0.15) is 0 Å². The van der Waals surface area contributed by atoms with Gasteiger partial charge >= 0.3 is 0 Å². The van der Waals surface area contributed by atoms with Crippen molar-refractivity contribution in [1.29, 1.82) is 0 Å². The van der Waals surface area contributed by atoms with Crippen molar-refractivity contribution in [3.63, 3.8) is 0 Å². The Morgan fingerprint density at radius 1 is 1.07 bits per heavy atom. The Kier molecular flexibility index (Phi) is 2.54. The lowest BCUT2D eigenvalue weighted by molar-refractivity contribution is 0.359. The Morgan fingerprint density at radius 2 is 1.80 bits per heavy atom. The summed E-state index contributed by atoms with van der Waals surface area (Å²) in [5.74, 6) is 0.300. The molecular weight excluding hydrogens is 190 g/mol. The molecule has 1 N–H and O–H groups in total. The molecule has 0 aliphatic carbocycles. The number of benzene rings is 1. The number of rotatable bonds is 2. The fourth-order valence-corrected chi connectivity index (χ4v) is 1.35. The van der Waals surface area contributed by atoms with Gasteiger partial charge in [0, 0.05) is 5.56 Å². The maximum atomic E-state index is 9.39. The highest BCUT2D eigenvalue weighted by atomic mass is 16.5. The molecule has 0 spiro atoms. The molecule has 1 heterocycles. The minimum absolute atomic E-state index is 0.0529. The second kappa shape index (κ2) is 4.00. The van der Waals surface area contributed by atoms with Gasteiger partial charge in [-0.1, -0.05) is 30.3 Å². The van der Waals surface area contributed by atoms with Gasteiger partial charge in [-0.05, 0) is 12.1 Å². The summed E-state index contributed by atoms with van der Waals surface area (Å²) in [5.41, 5.74) is 1.78. The van der Waals surface area contributed by atoms with E-state index in [-0.39, 0.29) is 11.6 Å². The van der Waals surface area contributed by atoms with E-state index in [4.69, 9.17) is 4.74 Å². The highest BCUT2D eigenvalue weighted by Crippen LogP contribution is 2.26. The number of hydrogen-bond acceptors (Lipinski definition) is 3. The van der Waals surface area contributed by atoms with E-state index >= 15 is 0 Å². The maximum absolute atomic E-state index is 9.39. The molecule has 0 fully saturated rings. The van der Waals surface area contributed by atoms with Gasteiger partial charge in [-0.15, -0.1) is 0 Å². The fraction of sp³-hybridized carbons (Fsp3) is 0.0833. The molecule has 15 heavy (non-hydrogen) atoms. The predicted octanol–water partition coefficient (Wildman–Crippen LogP) is 2.46. The summed E-state index contributed by atoms with van der Waals surface area (Å²) in [6, 6.07) is 13.1. The van der Waals surface area contributed by atoms with Crippen LogP contribution in [0, 0.1) is 0 Å². The third kappa shape index (κ3) is 1.91. The Morgan fingerprint density at radius 3 is 2.47 bits per heavy atom. The number of aromatic hydroxyl groups is 1. The normalized spacial score (nSPS) is 9.93. The molecule has 0 saturated heterocycles. The van der Waals surface area contributed by atoms with Crippen LogP contribution in [0.2, 0.25) is 0 Å². The van der Waals surface area contributed by atoms with Crippen LogP contribution < -0.4 is 4.74 Å². The lowest BCUT2D eigenvalue weighted by atomic mass is 10.1. The van der Waals surface area contributed by atoms with Gasteiger partial charge < -0.3 is 9.84 Å². The lowest BCUT2D eigenvalue weighted by Crippen LogP contribution is -1.90. The average Bonchev–Trinajstić information content (AvgIpc) is 2.31. The largest absolute Gasteiger partial charge is 0.503 e. The summed E-state index contributed by atoms with van der Waals surface area (Å²) in [4.78, 5) is 4.19. The van der Waals surface area contributed by atoms with E-state index in [1.807, 2.05) is 30.3 Å². The van der Waals surface area contributed by atoms with Crippen molar-refractivity contribution in [2.45, 2.75) is 0 Å². The van der Waals surface area contributed by atoms with Crippen LogP contribution in [0.15, 0.2) is 42.5 Å². The summed E-state index contributed by atoms with van der Waals surface area (Å²) in [6.45, 7) is 0. The van der Waals surface area contributed by atoms with Crippen LogP contribution >= 0.6 is 0 Å². The van der Waals surface area contributed by atoms with Gasteiger partial charge in [-0.3, -0.25) is 0 Å². The first kappa shape index (κ1) is 9.52. The molecule has 0 unspecified atom stereocenters. The van der Waals surface area contributed by atoms with Crippen LogP contribution in [0.25, 0.3) is 11.3 Å². The van der Waals surface area contributed by atoms with Crippen LogP contribution in [-0.4, -0.2) is 17.2 Å².